The number of amides is 2. The zero-order valence-electron chi connectivity index (χ0n) is 22.1. The van der Waals surface area contributed by atoms with Crippen molar-refractivity contribution in [3.63, 3.8) is 0 Å². The number of rotatable bonds is 10. The van der Waals surface area contributed by atoms with Crippen LogP contribution in [0.15, 0.2) is 89.4 Å². The van der Waals surface area contributed by atoms with E-state index in [9.17, 15) is 18.0 Å². The van der Waals surface area contributed by atoms with Crippen molar-refractivity contribution in [2.24, 2.45) is 0 Å². The molecule has 0 bridgehead atoms. The lowest BCUT2D eigenvalue weighted by Gasteiger charge is -2.35. The molecule has 0 aliphatic heterocycles. The Bertz CT molecular complexity index is 1330. The lowest BCUT2D eigenvalue weighted by Crippen LogP contribution is -2.56. The molecule has 202 valence electrons. The summed E-state index contributed by atoms with van der Waals surface area (Å²) in [5.74, 6) is -0.787. The van der Waals surface area contributed by atoms with Crippen LogP contribution >= 0.6 is 15.9 Å². The number of hydrogen-bond donors (Lipinski definition) is 1. The van der Waals surface area contributed by atoms with Gasteiger partial charge in [0.05, 0.1) is 11.9 Å². The van der Waals surface area contributed by atoms with Gasteiger partial charge in [0, 0.05) is 23.0 Å². The monoisotopic (exact) mass is 599 g/mol. The standard InChI is InChI=1S/C29H34BrN3O4S/c1-29(2,3)31-28(35)26(19-22-11-7-5-8-12-22)32(20-23-15-17-24(30)18-16-23)27(34)21-33(38(4,36)37)25-13-9-6-10-14-25/h5-18,26H,19-21H2,1-4H3,(H,31,35)/t26-/m0/s1. The first-order chi connectivity index (χ1) is 17.8. The number of sulfonamides is 1. The minimum Gasteiger partial charge on any atom is -0.350 e. The predicted octanol–water partition coefficient (Wildman–Crippen LogP) is 4.77. The van der Waals surface area contributed by atoms with Crippen molar-refractivity contribution in [1.82, 2.24) is 10.2 Å². The number of nitrogens with zero attached hydrogens (tertiary/aromatic N) is 2. The Kier molecular flexibility index (Phi) is 9.73. The van der Waals surface area contributed by atoms with Gasteiger partial charge in [-0.15, -0.1) is 0 Å². The molecule has 0 heterocycles. The van der Waals surface area contributed by atoms with Crippen LogP contribution in [0.3, 0.4) is 0 Å². The lowest BCUT2D eigenvalue weighted by molar-refractivity contribution is -0.140. The molecule has 0 fully saturated rings. The highest BCUT2D eigenvalue weighted by Crippen LogP contribution is 2.21. The predicted molar refractivity (Wildman–Crippen MR) is 155 cm³/mol. The van der Waals surface area contributed by atoms with Gasteiger partial charge in [-0.05, 0) is 56.2 Å². The van der Waals surface area contributed by atoms with Crippen LogP contribution in [0.25, 0.3) is 0 Å². The third-order valence-corrected chi connectivity index (χ3v) is 7.43. The van der Waals surface area contributed by atoms with E-state index in [2.05, 4.69) is 21.2 Å². The van der Waals surface area contributed by atoms with Gasteiger partial charge in [-0.2, -0.15) is 0 Å². The zero-order chi connectivity index (χ0) is 27.9. The molecule has 0 saturated carbocycles. The van der Waals surface area contributed by atoms with E-state index in [-0.39, 0.29) is 18.9 Å². The molecule has 0 aliphatic rings. The highest BCUT2D eigenvalue weighted by molar-refractivity contribution is 9.10. The molecule has 7 nitrogen and oxygen atoms in total. The third-order valence-electron chi connectivity index (χ3n) is 5.76. The van der Waals surface area contributed by atoms with E-state index in [1.165, 1.54) is 4.90 Å². The molecule has 1 atom stereocenters. The number of carbonyl (C=O) groups excluding carboxylic acids is 2. The number of benzene rings is 3. The topological polar surface area (TPSA) is 86.8 Å². The number of halogens is 1. The largest absolute Gasteiger partial charge is 0.350 e. The Balaban J connectivity index is 2.05. The summed E-state index contributed by atoms with van der Waals surface area (Å²) in [6, 6.07) is 24.6. The van der Waals surface area contributed by atoms with Crippen molar-refractivity contribution in [3.05, 3.63) is 101 Å². The first-order valence-electron chi connectivity index (χ1n) is 12.3. The average molecular weight is 601 g/mol. The quantitative estimate of drug-likeness (QED) is 0.364. The Hall–Kier alpha value is -3.17. The second-order valence-corrected chi connectivity index (χ2v) is 13.0. The normalized spacial score (nSPS) is 12.4. The molecule has 2 amide bonds. The van der Waals surface area contributed by atoms with Gasteiger partial charge in [-0.3, -0.25) is 13.9 Å². The van der Waals surface area contributed by atoms with Crippen LogP contribution in [0.5, 0.6) is 0 Å². The van der Waals surface area contributed by atoms with Crippen LogP contribution in [0.2, 0.25) is 0 Å². The summed E-state index contributed by atoms with van der Waals surface area (Å²) < 4.78 is 27.4. The summed E-state index contributed by atoms with van der Waals surface area (Å²) >= 11 is 3.43. The molecular formula is C29H34BrN3O4S. The summed E-state index contributed by atoms with van der Waals surface area (Å²) in [6.45, 7) is 5.34. The molecule has 38 heavy (non-hydrogen) atoms. The van der Waals surface area contributed by atoms with Crippen LogP contribution in [-0.2, 0) is 32.6 Å². The molecule has 9 heteroatoms. The van der Waals surface area contributed by atoms with Crippen LogP contribution in [0, 0.1) is 0 Å². The Morgan fingerprint density at radius 2 is 1.42 bits per heavy atom. The fraction of sp³-hybridized carbons (Fsp3) is 0.310. The van der Waals surface area contributed by atoms with E-state index < -0.39 is 34.1 Å². The van der Waals surface area contributed by atoms with E-state index in [1.807, 2.05) is 75.4 Å². The van der Waals surface area contributed by atoms with E-state index >= 15 is 0 Å². The molecule has 1 N–H and O–H groups in total. The van der Waals surface area contributed by atoms with Crippen molar-refractivity contribution < 1.29 is 18.0 Å². The van der Waals surface area contributed by atoms with Crippen molar-refractivity contribution in [2.45, 2.75) is 45.3 Å². The fourth-order valence-electron chi connectivity index (χ4n) is 4.00. The fourth-order valence-corrected chi connectivity index (χ4v) is 5.12. The first kappa shape index (κ1) is 29.4. The van der Waals surface area contributed by atoms with Gasteiger partial charge in [0.15, 0.2) is 0 Å². The van der Waals surface area contributed by atoms with Crippen molar-refractivity contribution >= 4 is 43.5 Å². The second-order valence-electron chi connectivity index (χ2n) is 10.2. The number of nitrogens with one attached hydrogen (secondary N) is 1. The molecule has 3 aromatic rings. The van der Waals surface area contributed by atoms with Crippen LogP contribution in [0.4, 0.5) is 5.69 Å². The van der Waals surface area contributed by atoms with E-state index in [0.29, 0.717) is 5.69 Å². The van der Waals surface area contributed by atoms with Crippen LogP contribution in [0.1, 0.15) is 31.9 Å². The molecule has 0 unspecified atom stereocenters. The summed E-state index contributed by atoms with van der Waals surface area (Å²) in [5.41, 5.74) is 1.55. The van der Waals surface area contributed by atoms with Crippen LogP contribution in [-0.4, -0.2) is 49.5 Å². The maximum absolute atomic E-state index is 14.0. The molecule has 3 rings (SSSR count). The van der Waals surface area contributed by atoms with Gasteiger partial charge in [0.1, 0.15) is 12.6 Å². The molecule has 0 aromatic heterocycles. The maximum atomic E-state index is 14.0. The van der Waals surface area contributed by atoms with E-state index in [1.54, 1.807) is 30.3 Å². The smallest absolute Gasteiger partial charge is 0.244 e. The molecular weight excluding hydrogens is 566 g/mol. The minimum absolute atomic E-state index is 0.133. The average Bonchev–Trinajstić information content (AvgIpc) is 2.85. The molecule has 0 radical (unpaired) electrons. The second kappa shape index (κ2) is 12.6. The third kappa shape index (κ3) is 8.70. The lowest BCUT2D eigenvalue weighted by atomic mass is 10.0. The van der Waals surface area contributed by atoms with Gasteiger partial charge in [-0.25, -0.2) is 8.42 Å². The van der Waals surface area contributed by atoms with E-state index in [4.69, 9.17) is 0 Å². The first-order valence-corrected chi connectivity index (χ1v) is 14.9. The maximum Gasteiger partial charge on any atom is 0.244 e. The number of carbonyl (C=O) groups is 2. The van der Waals surface area contributed by atoms with E-state index in [0.717, 1.165) is 26.2 Å². The van der Waals surface area contributed by atoms with Gasteiger partial charge in [-0.1, -0.05) is 76.6 Å². The van der Waals surface area contributed by atoms with Crippen molar-refractivity contribution in [3.8, 4) is 0 Å². The highest BCUT2D eigenvalue weighted by Gasteiger charge is 2.34. The number of para-hydroxylation sites is 1. The summed E-state index contributed by atoms with van der Waals surface area (Å²) in [6.07, 6.45) is 1.34. The van der Waals surface area contributed by atoms with Gasteiger partial charge in [0.25, 0.3) is 0 Å². The number of hydrogen-bond acceptors (Lipinski definition) is 4. The molecule has 0 aliphatic carbocycles. The zero-order valence-corrected chi connectivity index (χ0v) is 24.5. The Labute approximate surface area is 234 Å². The van der Waals surface area contributed by atoms with Gasteiger partial charge >= 0.3 is 0 Å². The van der Waals surface area contributed by atoms with Gasteiger partial charge in [0.2, 0.25) is 21.8 Å². The summed E-state index contributed by atoms with van der Waals surface area (Å²) in [5, 5.41) is 3.01. The molecule has 0 spiro atoms. The highest BCUT2D eigenvalue weighted by atomic mass is 79.9. The molecule has 3 aromatic carbocycles. The number of anilines is 1. The SMILES string of the molecule is CC(C)(C)NC(=O)[C@H](Cc1ccccc1)N(Cc1ccc(Br)cc1)C(=O)CN(c1ccccc1)S(C)(=O)=O. The molecule has 0 saturated heterocycles. The summed E-state index contributed by atoms with van der Waals surface area (Å²) in [7, 11) is -3.78. The van der Waals surface area contributed by atoms with Crippen LogP contribution < -0.4 is 9.62 Å². The van der Waals surface area contributed by atoms with Gasteiger partial charge < -0.3 is 10.2 Å². The van der Waals surface area contributed by atoms with Crippen molar-refractivity contribution in [1.29, 1.82) is 0 Å². The Morgan fingerprint density at radius 1 is 0.868 bits per heavy atom. The van der Waals surface area contributed by atoms with Crippen molar-refractivity contribution in [2.75, 3.05) is 17.1 Å². The minimum atomic E-state index is -3.78. The summed E-state index contributed by atoms with van der Waals surface area (Å²) in [4.78, 5) is 29.1. The Morgan fingerprint density at radius 3 is 1.95 bits per heavy atom.